The van der Waals surface area contributed by atoms with E-state index in [4.69, 9.17) is 5.11 Å². The zero-order valence-corrected chi connectivity index (χ0v) is 7.01. The lowest BCUT2D eigenvalue weighted by Gasteiger charge is -2.18. The van der Waals surface area contributed by atoms with Crippen molar-refractivity contribution in [3.8, 4) is 0 Å². The normalized spacial score (nSPS) is 27.3. The van der Waals surface area contributed by atoms with Crippen LogP contribution in [-0.4, -0.2) is 45.7 Å². The molecule has 1 heterocycles. The van der Waals surface area contributed by atoms with E-state index in [2.05, 4.69) is 6.58 Å². The number of β-amino-alcohol motifs (C(OH)–C–C–N with tert-alkyl or cyclic N) is 1. The molecule has 1 aliphatic heterocycles. The number of rotatable bonds is 2. The highest BCUT2D eigenvalue weighted by atomic mass is 16.4. The van der Waals surface area contributed by atoms with Crippen molar-refractivity contribution in [2.75, 3.05) is 6.54 Å². The first kappa shape index (κ1) is 9.73. The lowest BCUT2D eigenvalue weighted by atomic mass is 10.2. The van der Waals surface area contributed by atoms with Crippen LogP contribution >= 0.6 is 0 Å². The van der Waals surface area contributed by atoms with Gasteiger partial charge in [0.1, 0.15) is 6.04 Å². The van der Waals surface area contributed by atoms with E-state index >= 15 is 0 Å². The smallest absolute Gasteiger partial charge is 0.326 e. The van der Waals surface area contributed by atoms with Gasteiger partial charge in [-0.1, -0.05) is 6.58 Å². The quantitative estimate of drug-likeness (QED) is 0.553. The van der Waals surface area contributed by atoms with Crippen LogP contribution in [0.1, 0.15) is 6.42 Å². The van der Waals surface area contributed by atoms with Crippen LogP contribution in [0.2, 0.25) is 0 Å². The summed E-state index contributed by atoms with van der Waals surface area (Å²) in [7, 11) is 0. The Labute approximate surface area is 75.3 Å². The standard InChI is InChI=1S/C8H11NO4/c1-2-7(11)9-4-5(10)3-6(9)8(12)13/h2,5-6,10H,1,3-4H2,(H,12,13)/t5?,6-/m0/s1. The predicted molar refractivity (Wildman–Crippen MR) is 44.0 cm³/mol. The van der Waals surface area contributed by atoms with E-state index in [1.807, 2.05) is 0 Å². The highest BCUT2D eigenvalue weighted by Gasteiger charge is 2.37. The van der Waals surface area contributed by atoms with Crippen LogP contribution in [0.25, 0.3) is 0 Å². The second kappa shape index (κ2) is 3.57. The summed E-state index contributed by atoms with van der Waals surface area (Å²) < 4.78 is 0. The number of carbonyl (C=O) groups excluding carboxylic acids is 1. The molecule has 0 bridgehead atoms. The fraction of sp³-hybridized carbons (Fsp3) is 0.500. The van der Waals surface area contributed by atoms with E-state index in [-0.39, 0.29) is 13.0 Å². The van der Waals surface area contributed by atoms with Gasteiger partial charge in [0.15, 0.2) is 0 Å². The minimum Gasteiger partial charge on any atom is -0.480 e. The van der Waals surface area contributed by atoms with Crippen molar-refractivity contribution in [2.24, 2.45) is 0 Å². The molecular formula is C8H11NO4. The first-order valence-electron chi connectivity index (χ1n) is 3.90. The topological polar surface area (TPSA) is 77.8 Å². The van der Waals surface area contributed by atoms with Gasteiger partial charge >= 0.3 is 5.97 Å². The molecule has 2 N–H and O–H groups in total. The Morgan fingerprint density at radius 3 is 2.62 bits per heavy atom. The van der Waals surface area contributed by atoms with E-state index in [0.29, 0.717) is 0 Å². The maximum absolute atomic E-state index is 11.1. The van der Waals surface area contributed by atoms with E-state index < -0.39 is 24.0 Å². The lowest BCUT2D eigenvalue weighted by molar-refractivity contribution is -0.146. The molecule has 0 radical (unpaired) electrons. The Hall–Kier alpha value is -1.36. The molecule has 0 aromatic heterocycles. The first-order chi connectivity index (χ1) is 6.06. The van der Waals surface area contributed by atoms with Crippen LogP contribution in [-0.2, 0) is 9.59 Å². The Morgan fingerprint density at radius 1 is 1.54 bits per heavy atom. The Balaban J connectivity index is 2.77. The third-order valence-corrected chi connectivity index (χ3v) is 2.02. The molecule has 0 spiro atoms. The van der Waals surface area contributed by atoms with Gasteiger partial charge in [0.2, 0.25) is 5.91 Å². The second-order valence-electron chi connectivity index (χ2n) is 2.94. The summed E-state index contributed by atoms with van der Waals surface area (Å²) in [6.07, 6.45) is 0.396. The third-order valence-electron chi connectivity index (χ3n) is 2.02. The Morgan fingerprint density at radius 2 is 2.15 bits per heavy atom. The van der Waals surface area contributed by atoms with Crippen LogP contribution in [0, 0.1) is 0 Å². The monoisotopic (exact) mass is 185 g/mol. The molecule has 1 unspecified atom stereocenters. The second-order valence-corrected chi connectivity index (χ2v) is 2.94. The third kappa shape index (κ3) is 1.86. The summed E-state index contributed by atoms with van der Waals surface area (Å²) in [4.78, 5) is 22.9. The minimum absolute atomic E-state index is 0.0713. The van der Waals surface area contributed by atoms with Crippen molar-refractivity contribution < 1.29 is 19.8 Å². The molecule has 13 heavy (non-hydrogen) atoms. The molecule has 5 nitrogen and oxygen atoms in total. The molecule has 1 saturated heterocycles. The van der Waals surface area contributed by atoms with Gasteiger partial charge in [-0.25, -0.2) is 4.79 Å². The van der Waals surface area contributed by atoms with Gasteiger partial charge in [0.25, 0.3) is 0 Å². The van der Waals surface area contributed by atoms with Gasteiger partial charge in [-0.3, -0.25) is 4.79 Å². The van der Waals surface area contributed by atoms with Gasteiger partial charge in [-0.05, 0) is 6.08 Å². The molecular weight excluding hydrogens is 174 g/mol. The van der Waals surface area contributed by atoms with E-state index in [0.717, 1.165) is 11.0 Å². The molecule has 1 amide bonds. The number of hydrogen-bond acceptors (Lipinski definition) is 3. The average molecular weight is 185 g/mol. The van der Waals surface area contributed by atoms with Gasteiger partial charge in [0.05, 0.1) is 6.10 Å². The molecule has 1 rings (SSSR count). The molecule has 0 aromatic carbocycles. The van der Waals surface area contributed by atoms with Crippen molar-refractivity contribution in [1.29, 1.82) is 0 Å². The fourth-order valence-corrected chi connectivity index (χ4v) is 1.41. The van der Waals surface area contributed by atoms with Gasteiger partial charge in [-0.2, -0.15) is 0 Å². The zero-order valence-electron chi connectivity index (χ0n) is 7.01. The number of carbonyl (C=O) groups is 2. The number of carboxylic acid groups (broad SMARTS) is 1. The Kier molecular flexibility index (Phi) is 2.67. The molecule has 5 heteroatoms. The molecule has 0 aliphatic carbocycles. The van der Waals surface area contributed by atoms with Gasteiger partial charge in [0, 0.05) is 13.0 Å². The molecule has 0 saturated carbocycles. The molecule has 0 aromatic rings. The maximum atomic E-state index is 11.1. The number of hydrogen-bond donors (Lipinski definition) is 2. The highest BCUT2D eigenvalue weighted by Crippen LogP contribution is 2.18. The van der Waals surface area contributed by atoms with E-state index in [1.54, 1.807) is 0 Å². The van der Waals surface area contributed by atoms with Crippen LogP contribution in [0.15, 0.2) is 12.7 Å². The van der Waals surface area contributed by atoms with Crippen molar-refractivity contribution in [2.45, 2.75) is 18.6 Å². The number of likely N-dealkylation sites (tertiary alicyclic amines) is 1. The van der Waals surface area contributed by atoms with Crippen molar-refractivity contribution in [3.05, 3.63) is 12.7 Å². The summed E-state index contributed by atoms with van der Waals surface area (Å²) in [6.45, 7) is 3.33. The van der Waals surface area contributed by atoms with Crippen molar-refractivity contribution in [1.82, 2.24) is 4.90 Å². The van der Waals surface area contributed by atoms with Gasteiger partial charge in [-0.15, -0.1) is 0 Å². The summed E-state index contributed by atoms with van der Waals surface area (Å²) in [5.41, 5.74) is 0. The number of aliphatic hydroxyl groups is 1. The summed E-state index contributed by atoms with van der Waals surface area (Å²) >= 11 is 0. The lowest BCUT2D eigenvalue weighted by Crippen LogP contribution is -2.39. The largest absolute Gasteiger partial charge is 0.480 e. The highest BCUT2D eigenvalue weighted by molar-refractivity contribution is 5.91. The summed E-state index contributed by atoms with van der Waals surface area (Å²) in [5, 5.41) is 17.9. The summed E-state index contributed by atoms with van der Waals surface area (Å²) in [6, 6.07) is -0.916. The molecule has 2 atom stereocenters. The van der Waals surface area contributed by atoms with Crippen LogP contribution in [0.3, 0.4) is 0 Å². The molecule has 72 valence electrons. The van der Waals surface area contributed by atoms with E-state index in [9.17, 15) is 14.7 Å². The summed E-state index contributed by atoms with van der Waals surface area (Å²) in [5.74, 6) is -1.55. The number of aliphatic hydroxyl groups excluding tert-OH is 1. The predicted octanol–water partition coefficient (Wildman–Crippen LogP) is -0.781. The average Bonchev–Trinajstić information content (AvgIpc) is 2.46. The number of carboxylic acids is 1. The SMILES string of the molecule is C=CC(=O)N1CC(O)C[C@H]1C(=O)O. The van der Waals surface area contributed by atoms with Crippen LogP contribution < -0.4 is 0 Å². The number of aliphatic carboxylic acids is 1. The molecule has 1 aliphatic rings. The maximum Gasteiger partial charge on any atom is 0.326 e. The zero-order chi connectivity index (χ0) is 10.0. The van der Waals surface area contributed by atoms with E-state index in [1.165, 1.54) is 0 Å². The minimum atomic E-state index is -1.09. The number of nitrogens with zero attached hydrogens (tertiary/aromatic N) is 1. The van der Waals surface area contributed by atoms with Crippen molar-refractivity contribution in [3.63, 3.8) is 0 Å². The first-order valence-corrected chi connectivity index (χ1v) is 3.90. The molecule has 1 fully saturated rings. The van der Waals surface area contributed by atoms with Gasteiger partial charge < -0.3 is 15.1 Å². The van der Waals surface area contributed by atoms with Crippen molar-refractivity contribution >= 4 is 11.9 Å². The van der Waals surface area contributed by atoms with Crippen LogP contribution in [0.4, 0.5) is 0 Å². The Bertz CT molecular complexity index is 251. The fourth-order valence-electron chi connectivity index (χ4n) is 1.41. The van der Waals surface area contributed by atoms with Crippen LogP contribution in [0.5, 0.6) is 0 Å². The number of amides is 1.